The van der Waals surface area contributed by atoms with E-state index >= 15 is 0 Å². The molecule has 3 aliphatic carbocycles. The van der Waals surface area contributed by atoms with Crippen molar-refractivity contribution in [2.24, 2.45) is 75.4 Å². The van der Waals surface area contributed by atoms with Crippen molar-refractivity contribution in [3.63, 3.8) is 0 Å². The number of morpholine rings is 1. The number of alkyl halides is 1. The SMILES string of the molecule is C=C(CC1(C)C[C@@H](C)NCC1CN1CCO[C@H](COC2CCCC(OC[C@H]3CCCN(C[C@H](C)CNC(C)CCCC(=O)N4CC(C)(C)C5NCC(CC6CCC(C)CC6OC)CC54)C3)C2)C1)N1CC(C)(C)C(C)C1CC(CC)CC1CCC(F)CC1C.CC.CC. The van der Waals surface area contributed by atoms with Crippen LogP contribution in [-0.2, 0) is 23.7 Å². The van der Waals surface area contributed by atoms with E-state index in [-0.39, 0.29) is 34.6 Å². The molecule has 9 aliphatic rings. The highest BCUT2D eigenvalue weighted by Crippen LogP contribution is 2.50. The van der Waals surface area contributed by atoms with E-state index in [2.05, 4.69) is 119 Å². The lowest BCUT2D eigenvalue weighted by molar-refractivity contribution is -0.133. The van der Waals surface area contributed by atoms with Crippen molar-refractivity contribution in [1.82, 2.24) is 35.6 Å². The number of halogens is 1. The van der Waals surface area contributed by atoms with E-state index in [9.17, 15) is 9.18 Å². The lowest BCUT2D eigenvalue weighted by Gasteiger charge is -2.49. The van der Waals surface area contributed by atoms with Gasteiger partial charge in [0, 0.05) is 95.3 Å². The summed E-state index contributed by atoms with van der Waals surface area (Å²) < 4.78 is 40.3. The molecule has 536 valence electrons. The molecule has 0 aromatic rings. The smallest absolute Gasteiger partial charge is 0.222 e. The fourth-order valence-corrected chi connectivity index (χ4v) is 19.7. The largest absolute Gasteiger partial charge is 0.381 e. The molecule has 1 amide bonds. The first kappa shape index (κ1) is 77.9. The predicted molar refractivity (Wildman–Crippen MR) is 383 cm³/mol. The molecular weight excluding hydrogens is 1150 g/mol. The molecule has 0 aromatic carbocycles. The van der Waals surface area contributed by atoms with Crippen molar-refractivity contribution in [2.75, 3.05) is 98.9 Å². The molecule has 0 bridgehead atoms. The molecule has 0 spiro atoms. The highest BCUT2D eigenvalue weighted by Gasteiger charge is 2.52. The summed E-state index contributed by atoms with van der Waals surface area (Å²) in [4.78, 5) is 24.4. The number of ether oxygens (including phenoxy) is 4. The number of likely N-dealkylation sites (tertiary alicyclic amines) is 3. The first-order chi connectivity index (χ1) is 44.0. The van der Waals surface area contributed by atoms with Crippen LogP contribution < -0.4 is 16.0 Å². The van der Waals surface area contributed by atoms with Gasteiger partial charge in [-0.25, -0.2) is 4.39 Å². The van der Waals surface area contributed by atoms with Crippen molar-refractivity contribution in [3.8, 4) is 0 Å². The van der Waals surface area contributed by atoms with E-state index < -0.39 is 6.17 Å². The number of rotatable bonds is 28. The lowest BCUT2D eigenvalue weighted by atomic mass is 9.67. The Morgan fingerprint density at radius 1 is 0.783 bits per heavy atom. The predicted octanol–water partition coefficient (Wildman–Crippen LogP) is 15.5. The van der Waals surface area contributed by atoms with Crippen LogP contribution in [0.15, 0.2) is 12.3 Å². The second kappa shape index (κ2) is 37.1. The third kappa shape index (κ3) is 22.0. The van der Waals surface area contributed by atoms with Gasteiger partial charge in [0.2, 0.25) is 5.91 Å². The average molecular weight is 1300 g/mol. The number of carbonyl (C=O) groups is 1. The number of carbonyl (C=O) groups excluding carboxylic acids is 1. The molecule has 0 aromatic heterocycles. The molecule has 6 saturated heterocycles. The fourth-order valence-electron chi connectivity index (χ4n) is 19.7. The maximum absolute atomic E-state index is 14.3. The average Bonchev–Trinajstić information content (AvgIpc) is 1.59. The van der Waals surface area contributed by atoms with E-state index in [0.717, 1.165) is 149 Å². The van der Waals surface area contributed by atoms with Gasteiger partial charge in [-0.1, -0.05) is 116 Å². The summed E-state index contributed by atoms with van der Waals surface area (Å²) in [7, 11) is 1.91. The molecule has 6 aliphatic heterocycles. The highest BCUT2D eigenvalue weighted by atomic mass is 19.1. The van der Waals surface area contributed by atoms with Crippen LogP contribution in [0, 0.1) is 75.4 Å². The maximum Gasteiger partial charge on any atom is 0.222 e. The summed E-state index contributed by atoms with van der Waals surface area (Å²) in [6.45, 7) is 55.8. The number of amides is 1. The fraction of sp³-hybridized carbons (Fsp3) is 0.962. The number of fused-ring (bicyclic) bond motifs is 1. The quantitative estimate of drug-likeness (QED) is 0.0698. The molecule has 6 heterocycles. The van der Waals surface area contributed by atoms with Crippen LogP contribution in [0.25, 0.3) is 0 Å². The number of hydrogen-bond donors (Lipinski definition) is 3. The van der Waals surface area contributed by atoms with Crippen molar-refractivity contribution >= 4 is 5.91 Å². The Morgan fingerprint density at radius 2 is 1.51 bits per heavy atom. The summed E-state index contributed by atoms with van der Waals surface area (Å²) in [6, 6.07) is 2.10. The number of nitrogens with zero attached hydrogens (tertiary/aromatic N) is 4. The highest BCUT2D eigenvalue weighted by molar-refractivity contribution is 5.77. The minimum atomic E-state index is -0.598. The second-order valence-electron chi connectivity index (χ2n) is 34.1. The maximum atomic E-state index is 14.3. The van der Waals surface area contributed by atoms with Crippen LogP contribution in [0.3, 0.4) is 0 Å². The van der Waals surface area contributed by atoms with E-state index in [1.807, 2.05) is 34.8 Å². The van der Waals surface area contributed by atoms with Gasteiger partial charge >= 0.3 is 0 Å². The van der Waals surface area contributed by atoms with Gasteiger partial charge in [-0.2, -0.15) is 0 Å². The van der Waals surface area contributed by atoms with Gasteiger partial charge in [0.15, 0.2) is 0 Å². The van der Waals surface area contributed by atoms with Gasteiger partial charge in [0.25, 0.3) is 0 Å². The van der Waals surface area contributed by atoms with E-state index in [1.54, 1.807) is 0 Å². The Balaban J connectivity index is 0.00000294. The van der Waals surface area contributed by atoms with Gasteiger partial charge < -0.3 is 49.6 Å². The van der Waals surface area contributed by atoms with Crippen molar-refractivity contribution in [2.45, 2.75) is 313 Å². The molecule has 9 fully saturated rings. The molecular formula is C79H148FN7O5. The molecule has 21 atom stereocenters. The number of methoxy groups -OCH3 is 1. The topological polar surface area (TPSA) is 103 Å². The molecule has 92 heavy (non-hydrogen) atoms. The van der Waals surface area contributed by atoms with Gasteiger partial charge in [-0.15, -0.1) is 0 Å². The summed E-state index contributed by atoms with van der Waals surface area (Å²) in [5, 5.41) is 11.7. The van der Waals surface area contributed by atoms with Crippen molar-refractivity contribution < 1.29 is 28.1 Å². The van der Waals surface area contributed by atoms with Crippen LogP contribution in [-0.4, -0.2) is 185 Å². The normalized spacial score (nSPS) is 37.9. The monoisotopic (exact) mass is 1290 g/mol. The zero-order valence-corrected chi connectivity index (χ0v) is 62.9. The summed E-state index contributed by atoms with van der Waals surface area (Å²) in [5.74, 6) is 6.50. The van der Waals surface area contributed by atoms with E-state index in [1.165, 1.54) is 82.9 Å². The van der Waals surface area contributed by atoms with Crippen LogP contribution >= 0.6 is 0 Å². The van der Waals surface area contributed by atoms with Gasteiger partial charge in [-0.05, 0) is 237 Å². The van der Waals surface area contributed by atoms with E-state index in [4.69, 9.17) is 25.5 Å². The number of piperidine rings is 3. The van der Waals surface area contributed by atoms with Crippen LogP contribution in [0.1, 0.15) is 252 Å². The molecule has 9 rings (SSSR count). The number of nitrogens with one attached hydrogen (secondary N) is 3. The Hall–Kier alpha value is -1.42. The third-order valence-corrected chi connectivity index (χ3v) is 25.6. The van der Waals surface area contributed by atoms with E-state index in [0.29, 0.717) is 109 Å². The Labute approximate surface area is 566 Å². The lowest BCUT2D eigenvalue weighted by Crippen LogP contribution is -2.55. The molecule has 17 unspecified atom stereocenters. The summed E-state index contributed by atoms with van der Waals surface area (Å²) >= 11 is 0. The first-order valence-corrected chi connectivity index (χ1v) is 39.4. The second-order valence-corrected chi connectivity index (χ2v) is 34.1. The zero-order chi connectivity index (χ0) is 66.9. The molecule has 13 heteroatoms. The third-order valence-electron chi connectivity index (χ3n) is 25.6. The molecule has 3 N–H and O–H groups in total. The summed E-state index contributed by atoms with van der Waals surface area (Å²) in [6.07, 6.45) is 24.6. The van der Waals surface area contributed by atoms with Crippen molar-refractivity contribution in [3.05, 3.63) is 12.3 Å². The standard InChI is InChI=1S/C75H136FN7O5.2C2H6/c1-15-58(33-61-26-27-64(76)32-53(61)4)35-68-57(8)73(9,10)49-82(68)56(7)39-75(13)38-55(6)78-42-63(75)45-81-29-30-86-67(46-81)48-88-66-22-17-21-65(37-66)87-47-59-20-18-28-80(44-59)43-52(3)40-77-54(5)19-16-23-71(84)83-50-74(11,12)72-69(83)36-60(41-79-72)34-62-25-24-51(2)31-70(62)85-14;2*1-2/h51-55,57-70,72,77-79H,7,15-50H2,1-6,8-14H3;2*1-2H3/t51?,52-,53?,54?,55-,57?,58?,59+,60?,61?,62?,63?,64?,65?,66?,67+,68?,69?,70?,72?,75?;;/m1../s1. The minimum Gasteiger partial charge on any atom is -0.381 e. The molecule has 0 radical (unpaired) electrons. The van der Waals surface area contributed by atoms with Crippen LogP contribution in [0.5, 0.6) is 0 Å². The summed E-state index contributed by atoms with van der Waals surface area (Å²) in [5.41, 5.74) is 1.85. The molecule has 12 nitrogen and oxygen atoms in total. The molecule has 3 saturated carbocycles. The Bertz CT molecular complexity index is 2140. The van der Waals surface area contributed by atoms with Gasteiger partial charge in [-0.3, -0.25) is 9.69 Å². The van der Waals surface area contributed by atoms with Gasteiger partial charge in [0.05, 0.1) is 44.2 Å². The van der Waals surface area contributed by atoms with Gasteiger partial charge in [0.1, 0.15) is 6.17 Å². The van der Waals surface area contributed by atoms with Crippen LogP contribution in [0.2, 0.25) is 0 Å². The first-order valence-electron chi connectivity index (χ1n) is 39.4. The van der Waals surface area contributed by atoms with Crippen LogP contribution in [0.4, 0.5) is 4.39 Å². The zero-order valence-electron chi connectivity index (χ0n) is 62.9. The minimum absolute atomic E-state index is 0.0989. The Morgan fingerprint density at radius 3 is 2.24 bits per heavy atom. The number of allylic oxidation sites excluding steroid dienone is 1. The number of hydrogen-bond acceptors (Lipinski definition) is 11. The Kier molecular flexibility index (Phi) is 31.5. The van der Waals surface area contributed by atoms with Crippen molar-refractivity contribution in [1.29, 1.82) is 0 Å².